The second-order valence-corrected chi connectivity index (χ2v) is 11.0. The number of ether oxygens (including phenoxy) is 1. The number of aryl methyl sites for hydroxylation is 1. The van der Waals surface area contributed by atoms with Crippen LogP contribution in [-0.2, 0) is 16.0 Å². The van der Waals surface area contributed by atoms with Crippen LogP contribution in [0.25, 0.3) is 0 Å². The Morgan fingerprint density at radius 3 is 2.51 bits per heavy atom. The van der Waals surface area contributed by atoms with Gasteiger partial charge in [0.15, 0.2) is 6.10 Å². The predicted molar refractivity (Wildman–Crippen MR) is 156 cm³/mol. The number of fused-ring (bicyclic) bond motifs is 1. The van der Waals surface area contributed by atoms with E-state index in [4.69, 9.17) is 16.3 Å². The van der Waals surface area contributed by atoms with E-state index in [9.17, 15) is 19.8 Å². The number of carbonyl (C=O) groups is 2. The summed E-state index contributed by atoms with van der Waals surface area (Å²) in [6.45, 7) is 6.61. The SMILES string of the molecule is CCCc1cc(Cl)ccc1C1COc2ccc(C(O)C(=O)O)cc2N(CCCCCCCCN(C)C(C)=O)C1. The number of rotatable bonds is 14. The van der Waals surface area contributed by atoms with Crippen molar-refractivity contribution < 1.29 is 24.5 Å². The van der Waals surface area contributed by atoms with E-state index in [1.807, 2.05) is 13.1 Å². The standard InChI is InChI=1S/C31H43ClN2O5/c1-4-11-23-18-26(32)13-14-27(23)25-20-34(17-10-8-6-5-7-9-16-33(3)22(2)35)28-19-24(30(36)31(37)38)12-15-29(28)39-21-25/h12-15,18-19,25,30,36H,4-11,16-17,20-21H2,1-3H3,(H,37,38). The number of amides is 1. The molecular formula is C31H43ClN2O5. The summed E-state index contributed by atoms with van der Waals surface area (Å²) in [6.07, 6.45) is 6.84. The number of hydrogen-bond acceptors (Lipinski definition) is 5. The first-order valence-corrected chi connectivity index (χ1v) is 14.5. The fourth-order valence-electron chi connectivity index (χ4n) is 5.20. The van der Waals surface area contributed by atoms with Gasteiger partial charge in [-0.2, -0.15) is 0 Å². The molecule has 0 saturated carbocycles. The normalized spacial score (nSPS) is 15.7. The zero-order chi connectivity index (χ0) is 28.4. The molecule has 0 radical (unpaired) electrons. The van der Waals surface area contributed by atoms with Gasteiger partial charge >= 0.3 is 5.97 Å². The first-order valence-electron chi connectivity index (χ1n) is 14.1. The highest BCUT2D eigenvalue weighted by Crippen LogP contribution is 2.38. The summed E-state index contributed by atoms with van der Waals surface area (Å²) >= 11 is 6.33. The molecule has 8 heteroatoms. The lowest BCUT2D eigenvalue weighted by Crippen LogP contribution is -2.30. The Morgan fingerprint density at radius 1 is 1.10 bits per heavy atom. The van der Waals surface area contributed by atoms with Crippen molar-refractivity contribution in [3.8, 4) is 5.75 Å². The third kappa shape index (κ3) is 8.87. The van der Waals surface area contributed by atoms with Crippen molar-refractivity contribution in [1.29, 1.82) is 0 Å². The summed E-state index contributed by atoms with van der Waals surface area (Å²) in [5.41, 5.74) is 3.65. The smallest absolute Gasteiger partial charge is 0.337 e. The average molecular weight is 559 g/mol. The molecule has 0 bridgehead atoms. The Morgan fingerprint density at radius 2 is 1.82 bits per heavy atom. The molecule has 2 aromatic carbocycles. The Balaban J connectivity index is 1.71. The number of anilines is 1. The number of halogens is 1. The maximum absolute atomic E-state index is 11.4. The molecule has 7 nitrogen and oxygen atoms in total. The van der Waals surface area contributed by atoms with Crippen LogP contribution in [0.15, 0.2) is 36.4 Å². The van der Waals surface area contributed by atoms with E-state index in [-0.39, 0.29) is 11.8 Å². The summed E-state index contributed by atoms with van der Waals surface area (Å²) in [4.78, 5) is 26.8. The van der Waals surface area contributed by atoms with Crippen molar-refractivity contribution in [2.75, 3.05) is 38.2 Å². The van der Waals surface area contributed by atoms with Gasteiger partial charge in [-0.05, 0) is 60.2 Å². The molecule has 0 saturated heterocycles. The van der Waals surface area contributed by atoms with Crippen molar-refractivity contribution in [1.82, 2.24) is 4.90 Å². The van der Waals surface area contributed by atoms with E-state index in [1.165, 1.54) is 11.1 Å². The molecule has 39 heavy (non-hydrogen) atoms. The summed E-state index contributed by atoms with van der Waals surface area (Å²) in [7, 11) is 1.84. The van der Waals surface area contributed by atoms with Gasteiger partial charge < -0.3 is 24.7 Å². The van der Waals surface area contributed by atoms with Gasteiger partial charge in [0.2, 0.25) is 5.91 Å². The maximum Gasteiger partial charge on any atom is 0.337 e. The van der Waals surface area contributed by atoms with Gasteiger partial charge in [-0.3, -0.25) is 4.79 Å². The first kappa shape index (κ1) is 30.8. The van der Waals surface area contributed by atoms with Gasteiger partial charge in [0, 0.05) is 44.5 Å². The number of aliphatic carboxylic acids is 1. The number of unbranched alkanes of at least 4 members (excludes halogenated alkanes) is 5. The highest BCUT2D eigenvalue weighted by Gasteiger charge is 2.27. The monoisotopic (exact) mass is 558 g/mol. The molecule has 2 unspecified atom stereocenters. The molecule has 1 heterocycles. The van der Waals surface area contributed by atoms with Crippen molar-refractivity contribution in [2.45, 2.75) is 77.2 Å². The largest absolute Gasteiger partial charge is 0.491 e. The lowest BCUT2D eigenvalue weighted by Gasteiger charge is -2.28. The maximum atomic E-state index is 11.4. The highest BCUT2D eigenvalue weighted by molar-refractivity contribution is 6.30. The van der Waals surface area contributed by atoms with E-state index in [0.717, 1.165) is 81.7 Å². The second kappa shape index (κ2) is 15.1. The third-order valence-corrected chi connectivity index (χ3v) is 7.76. The van der Waals surface area contributed by atoms with Crippen LogP contribution in [-0.4, -0.2) is 60.3 Å². The number of carbonyl (C=O) groups excluding carboxylic acids is 1. The quantitative estimate of drug-likeness (QED) is 0.268. The van der Waals surface area contributed by atoms with Gasteiger partial charge in [0.25, 0.3) is 0 Å². The molecule has 2 aromatic rings. The van der Waals surface area contributed by atoms with E-state index in [2.05, 4.69) is 24.0 Å². The summed E-state index contributed by atoms with van der Waals surface area (Å²) < 4.78 is 6.28. The predicted octanol–water partition coefficient (Wildman–Crippen LogP) is 6.21. The number of carboxylic acids is 1. The molecule has 1 aliphatic heterocycles. The number of aliphatic hydroxyl groups excluding tert-OH is 1. The number of hydrogen-bond donors (Lipinski definition) is 2. The molecule has 3 rings (SSSR count). The molecule has 0 spiro atoms. The van der Waals surface area contributed by atoms with Crippen LogP contribution in [0.3, 0.4) is 0 Å². The van der Waals surface area contributed by atoms with Crippen LogP contribution in [0.5, 0.6) is 5.75 Å². The molecule has 0 fully saturated rings. The van der Waals surface area contributed by atoms with Gasteiger partial charge in [-0.15, -0.1) is 0 Å². The Kier molecular flexibility index (Phi) is 11.9. The molecule has 214 valence electrons. The topological polar surface area (TPSA) is 90.3 Å². The zero-order valence-corrected chi connectivity index (χ0v) is 24.3. The average Bonchev–Trinajstić information content (AvgIpc) is 3.09. The van der Waals surface area contributed by atoms with Crippen LogP contribution in [0.2, 0.25) is 5.02 Å². The minimum absolute atomic E-state index is 0.106. The van der Waals surface area contributed by atoms with Gasteiger partial charge in [-0.25, -0.2) is 4.79 Å². The van der Waals surface area contributed by atoms with Gasteiger partial charge in [0.05, 0.1) is 12.3 Å². The highest BCUT2D eigenvalue weighted by atomic mass is 35.5. The fourth-order valence-corrected chi connectivity index (χ4v) is 5.39. The summed E-state index contributed by atoms with van der Waals surface area (Å²) in [6, 6.07) is 11.3. The van der Waals surface area contributed by atoms with E-state index in [0.29, 0.717) is 17.9 Å². The van der Waals surface area contributed by atoms with Crippen molar-refractivity contribution >= 4 is 29.2 Å². The molecule has 2 N–H and O–H groups in total. The molecule has 2 atom stereocenters. The molecule has 0 aliphatic carbocycles. The summed E-state index contributed by atoms with van der Waals surface area (Å²) in [5, 5.41) is 20.3. The fraction of sp³-hybridized carbons (Fsp3) is 0.548. The molecule has 1 amide bonds. The molecular weight excluding hydrogens is 516 g/mol. The van der Waals surface area contributed by atoms with E-state index in [1.54, 1.807) is 30.0 Å². The van der Waals surface area contributed by atoms with E-state index < -0.39 is 12.1 Å². The Bertz CT molecular complexity index is 1110. The van der Waals surface area contributed by atoms with Crippen molar-refractivity contribution in [3.63, 3.8) is 0 Å². The molecule has 0 aromatic heterocycles. The zero-order valence-electron chi connectivity index (χ0n) is 23.5. The lowest BCUT2D eigenvalue weighted by atomic mass is 9.92. The van der Waals surface area contributed by atoms with E-state index >= 15 is 0 Å². The van der Waals surface area contributed by atoms with Crippen LogP contribution < -0.4 is 9.64 Å². The number of nitrogens with zero attached hydrogens (tertiary/aromatic N) is 2. The van der Waals surface area contributed by atoms with Crippen LogP contribution in [0, 0.1) is 0 Å². The number of benzene rings is 2. The van der Waals surface area contributed by atoms with Crippen molar-refractivity contribution in [3.05, 3.63) is 58.1 Å². The Hall–Kier alpha value is -2.77. The van der Waals surface area contributed by atoms with Crippen LogP contribution >= 0.6 is 11.6 Å². The van der Waals surface area contributed by atoms with Gasteiger partial charge in [-0.1, -0.05) is 62.8 Å². The number of aliphatic hydroxyl groups is 1. The lowest BCUT2D eigenvalue weighted by molar-refractivity contribution is -0.147. The van der Waals surface area contributed by atoms with Crippen LogP contribution in [0.4, 0.5) is 5.69 Å². The van der Waals surface area contributed by atoms with Crippen LogP contribution in [0.1, 0.15) is 87.5 Å². The second-order valence-electron chi connectivity index (χ2n) is 10.6. The number of carboxylic acid groups (broad SMARTS) is 1. The first-order chi connectivity index (χ1) is 18.7. The minimum Gasteiger partial charge on any atom is -0.491 e. The van der Waals surface area contributed by atoms with Crippen molar-refractivity contribution in [2.24, 2.45) is 0 Å². The summed E-state index contributed by atoms with van der Waals surface area (Å²) in [5.74, 6) is -0.329. The Labute approximate surface area is 237 Å². The molecule has 1 aliphatic rings. The van der Waals surface area contributed by atoms with Gasteiger partial charge in [0.1, 0.15) is 5.75 Å². The minimum atomic E-state index is -1.58. The third-order valence-electron chi connectivity index (χ3n) is 7.53.